The fraction of sp³-hybridized carbons (Fsp3) is 0.286. The first-order valence-electron chi connectivity index (χ1n) is 11.7. The van der Waals surface area contributed by atoms with Crippen molar-refractivity contribution in [2.45, 2.75) is 31.3 Å². The summed E-state index contributed by atoms with van der Waals surface area (Å²) in [5.74, 6) is 0.783. The molecule has 3 aromatic carbocycles. The van der Waals surface area contributed by atoms with Gasteiger partial charge in [-0.2, -0.15) is 0 Å². The number of fused-ring (bicyclic) bond motifs is 1. The van der Waals surface area contributed by atoms with Gasteiger partial charge >= 0.3 is 0 Å². The quantitative estimate of drug-likeness (QED) is 0.314. The van der Waals surface area contributed by atoms with Gasteiger partial charge in [0.15, 0.2) is 5.13 Å². The monoisotopic (exact) mass is 472 g/mol. The number of carbonyl (C=O) groups excluding carboxylic acids is 1. The molecule has 4 aromatic rings. The van der Waals surface area contributed by atoms with Crippen LogP contribution in [0.2, 0.25) is 0 Å². The number of amides is 1. The number of aromatic nitrogens is 1. The van der Waals surface area contributed by atoms with Crippen molar-refractivity contribution in [1.82, 2.24) is 4.98 Å². The predicted molar refractivity (Wildman–Crippen MR) is 137 cm³/mol. The number of anilines is 1. The molecule has 0 aliphatic carbocycles. The summed E-state index contributed by atoms with van der Waals surface area (Å²) in [6, 6.07) is 26.4. The lowest BCUT2D eigenvalue weighted by Gasteiger charge is -2.26. The SMILES string of the molecule is COc1ccc2sc(N(C[C@@H]3CCCO3)C(=O)CC(c3ccccc3)c3ccccc3)nc2c1. The molecule has 1 aliphatic heterocycles. The highest BCUT2D eigenvalue weighted by Gasteiger charge is 2.29. The Hall–Kier alpha value is -3.22. The molecule has 0 bridgehead atoms. The van der Waals surface area contributed by atoms with E-state index < -0.39 is 0 Å². The van der Waals surface area contributed by atoms with Gasteiger partial charge in [0.25, 0.3) is 0 Å². The molecule has 1 amide bonds. The zero-order valence-electron chi connectivity index (χ0n) is 19.2. The van der Waals surface area contributed by atoms with E-state index in [2.05, 4.69) is 24.3 Å². The molecule has 1 aliphatic rings. The van der Waals surface area contributed by atoms with Crippen LogP contribution in [-0.4, -0.2) is 37.3 Å². The van der Waals surface area contributed by atoms with E-state index in [4.69, 9.17) is 14.5 Å². The number of carbonyl (C=O) groups is 1. The molecule has 1 fully saturated rings. The summed E-state index contributed by atoms with van der Waals surface area (Å²) in [5, 5.41) is 0.712. The lowest BCUT2D eigenvalue weighted by Crippen LogP contribution is -2.38. The number of benzene rings is 3. The van der Waals surface area contributed by atoms with Crippen LogP contribution >= 0.6 is 11.3 Å². The number of methoxy groups -OCH3 is 1. The number of rotatable bonds is 8. The van der Waals surface area contributed by atoms with Crippen molar-refractivity contribution < 1.29 is 14.3 Å². The van der Waals surface area contributed by atoms with Crippen LogP contribution in [0.25, 0.3) is 10.2 Å². The summed E-state index contributed by atoms with van der Waals surface area (Å²) in [7, 11) is 1.65. The average Bonchev–Trinajstić information content (AvgIpc) is 3.56. The van der Waals surface area contributed by atoms with Gasteiger partial charge in [-0.05, 0) is 36.1 Å². The van der Waals surface area contributed by atoms with Gasteiger partial charge in [-0.15, -0.1) is 0 Å². The number of hydrogen-bond acceptors (Lipinski definition) is 5. The third-order valence-corrected chi connectivity index (χ3v) is 7.37. The minimum atomic E-state index is -0.0311. The number of ether oxygens (including phenoxy) is 2. The highest BCUT2D eigenvalue weighted by Crippen LogP contribution is 2.34. The maximum absolute atomic E-state index is 13.9. The fourth-order valence-corrected chi connectivity index (χ4v) is 5.47. The van der Waals surface area contributed by atoms with Gasteiger partial charge in [0.1, 0.15) is 5.75 Å². The van der Waals surface area contributed by atoms with E-state index in [0.29, 0.717) is 18.1 Å². The standard InChI is InChI=1S/C28H28N2O3S/c1-32-22-14-15-26-25(17-22)29-28(34-26)30(19-23-13-8-16-33-23)27(31)18-24(20-9-4-2-5-10-20)21-11-6-3-7-12-21/h2-7,9-12,14-15,17,23-24H,8,13,16,18-19H2,1H3/t23-/m0/s1. The number of thiazole rings is 1. The maximum Gasteiger partial charge on any atom is 0.229 e. The third-order valence-electron chi connectivity index (χ3n) is 6.31. The molecule has 5 rings (SSSR count). The van der Waals surface area contributed by atoms with Gasteiger partial charge in [0.05, 0.1) is 30.0 Å². The van der Waals surface area contributed by atoms with Gasteiger partial charge < -0.3 is 9.47 Å². The maximum atomic E-state index is 13.9. The molecule has 0 unspecified atom stereocenters. The number of hydrogen-bond donors (Lipinski definition) is 0. The molecule has 174 valence electrons. The molecule has 1 atom stereocenters. The highest BCUT2D eigenvalue weighted by molar-refractivity contribution is 7.22. The predicted octanol–water partition coefficient (Wildman–Crippen LogP) is 6.04. The molecule has 34 heavy (non-hydrogen) atoms. The molecular weight excluding hydrogens is 444 g/mol. The Labute approximate surface area is 204 Å². The van der Waals surface area contributed by atoms with Crippen molar-refractivity contribution in [2.75, 3.05) is 25.2 Å². The normalized spacial score (nSPS) is 15.6. The Morgan fingerprint density at radius 1 is 1.09 bits per heavy atom. The van der Waals surface area contributed by atoms with E-state index in [1.807, 2.05) is 59.5 Å². The van der Waals surface area contributed by atoms with E-state index >= 15 is 0 Å². The first-order chi connectivity index (χ1) is 16.7. The molecule has 0 radical (unpaired) electrons. The molecule has 2 heterocycles. The Morgan fingerprint density at radius 2 is 1.79 bits per heavy atom. The van der Waals surface area contributed by atoms with Crippen LogP contribution in [-0.2, 0) is 9.53 Å². The first-order valence-corrected chi connectivity index (χ1v) is 12.5. The minimum Gasteiger partial charge on any atom is -0.497 e. The van der Waals surface area contributed by atoms with Gasteiger partial charge in [-0.3, -0.25) is 9.69 Å². The molecule has 1 saturated heterocycles. The number of nitrogens with zero attached hydrogens (tertiary/aromatic N) is 2. The second-order valence-electron chi connectivity index (χ2n) is 8.55. The Morgan fingerprint density at radius 3 is 2.41 bits per heavy atom. The van der Waals surface area contributed by atoms with E-state index in [0.717, 1.165) is 46.5 Å². The van der Waals surface area contributed by atoms with Crippen molar-refractivity contribution in [1.29, 1.82) is 0 Å². The average molecular weight is 473 g/mol. The van der Waals surface area contributed by atoms with Crippen LogP contribution in [0.3, 0.4) is 0 Å². The Balaban J connectivity index is 1.48. The van der Waals surface area contributed by atoms with E-state index in [1.165, 1.54) is 11.3 Å². The lowest BCUT2D eigenvalue weighted by molar-refractivity contribution is -0.119. The largest absolute Gasteiger partial charge is 0.497 e. The molecule has 0 N–H and O–H groups in total. The van der Waals surface area contributed by atoms with Crippen molar-refractivity contribution in [3.63, 3.8) is 0 Å². The van der Waals surface area contributed by atoms with E-state index in [-0.39, 0.29) is 17.9 Å². The van der Waals surface area contributed by atoms with Crippen molar-refractivity contribution in [2.24, 2.45) is 0 Å². The molecule has 5 nitrogen and oxygen atoms in total. The van der Waals surface area contributed by atoms with Crippen molar-refractivity contribution in [3.8, 4) is 5.75 Å². The minimum absolute atomic E-state index is 0.0311. The smallest absolute Gasteiger partial charge is 0.229 e. The molecule has 6 heteroatoms. The molecule has 0 saturated carbocycles. The van der Waals surface area contributed by atoms with Crippen LogP contribution in [0.15, 0.2) is 78.9 Å². The van der Waals surface area contributed by atoms with Crippen LogP contribution in [0.4, 0.5) is 5.13 Å². The Bertz CT molecular complexity index is 1200. The highest BCUT2D eigenvalue weighted by atomic mass is 32.1. The second-order valence-corrected chi connectivity index (χ2v) is 9.56. The van der Waals surface area contributed by atoms with Gasteiger partial charge in [-0.25, -0.2) is 4.98 Å². The molecule has 1 aromatic heterocycles. The fourth-order valence-electron chi connectivity index (χ4n) is 4.50. The summed E-state index contributed by atoms with van der Waals surface area (Å²) in [5.41, 5.74) is 3.11. The Kier molecular flexibility index (Phi) is 6.88. The van der Waals surface area contributed by atoms with E-state index in [1.54, 1.807) is 7.11 Å². The summed E-state index contributed by atoms with van der Waals surface area (Å²) in [4.78, 5) is 20.6. The first kappa shape index (κ1) is 22.6. The van der Waals surface area contributed by atoms with Crippen LogP contribution in [0.5, 0.6) is 5.75 Å². The molecular formula is C28H28N2O3S. The summed E-state index contributed by atoms with van der Waals surface area (Å²) >= 11 is 1.54. The third kappa shape index (κ3) is 4.98. The zero-order valence-corrected chi connectivity index (χ0v) is 20.0. The van der Waals surface area contributed by atoms with Gasteiger partial charge in [-0.1, -0.05) is 72.0 Å². The van der Waals surface area contributed by atoms with Gasteiger partial charge in [0.2, 0.25) is 5.91 Å². The van der Waals surface area contributed by atoms with Crippen LogP contribution in [0.1, 0.15) is 36.3 Å². The van der Waals surface area contributed by atoms with E-state index in [9.17, 15) is 4.79 Å². The zero-order chi connectivity index (χ0) is 23.3. The van der Waals surface area contributed by atoms with Crippen LogP contribution in [0, 0.1) is 0 Å². The lowest BCUT2D eigenvalue weighted by atomic mass is 9.88. The summed E-state index contributed by atoms with van der Waals surface area (Å²) in [6.07, 6.45) is 2.39. The topological polar surface area (TPSA) is 51.7 Å². The van der Waals surface area contributed by atoms with Crippen LogP contribution < -0.4 is 9.64 Å². The molecule has 0 spiro atoms. The second kappa shape index (κ2) is 10.4. The van der Waals surface area contributed by atoms with Crippen molar-refractivity contribution >= 4 is 32.6 Å². The summed E-state index contributed by atoms with van der Waals surface area (Å²) < 4.78 is 12.3. The van der Waals surface area contributed by atoms with Gasteiger partial charge in [0, 0.05) is 25.0 Å². The van der Waals surface area contributed by atoms with Crippen molar-refractivity contribution in [3.05, 3.63) is 90.0 Å². The summed E-state index contributed by atoms with van der Waals surface area (Å²) in [6.45, 7) is 1.27.